The van der Waals surface area contributed by atoms with Crippen molar-refractivity contribution in [3.05, 3.63) is 48.5 Å². The molecule has 1 N–H and O–H groups in total. The molecule has 2 rings (SSSR count). The number of nitrogens with zero attached hydrogens (tertiary/aromatic N) is 3. The molecule has 1 aromatic heterocycles. The maximum absolute atomic E-state index is 9.27. The van der Waals surface area contributed by atoms with E-state index in [1.54, 1.807) is 12.5 Å². The summed E-state index contributed by atoms with van der Waals surface area (Å²) in [4.78, 5) is 6.26. The summed E-state index contributed by atoms with van der Waals surface area (Å²) in [5.74, 6) is 0. The second-order valence-electron chi connectivity index (χ2n) is 5.01. The molecular weight excluding hydrogens is 238 g/mol. The monoisotopic (exact) mass is 259 g/mol. The standard InChI is InChI=1S/C15H21N3O/c1-13(19)7-9-17(2)11-14-3-5-15(6-4-14)18-10-8-16-12-18/h3-6,8,10,12-13,19H,7,9,11H2,1-2H3. The molecule has 0 aliphatic carbocycles. The molecule has 19 heavy (non-hydrogen) atoms. The van der Waals surface area contributed by atoms with E-state index < -0.39 is 0 Å². The Morgan fingerprint density at radius 1 is 1.32 bits per heavy atom. The van der Waals surface area contributed by atoms with E-state index in [4.69, 9.17) is 0 Å². The highest BCUT2D eigenvalue weighted by molar-refractivity contribution is 5.34. The van der Waals surface area contributed by atoms with Gasteiger partial charge in [-0.25, -0.2) is 4.98 Å². The van der Waals surface area contributed by atoms with Gasteiger partial charge in [0, 0.05) is 31.2 Å². The molecule has 0 fully saturated rings. The molecule has 0 saturated carbocycles. The van der Waals surface area contributed by atoms with Gasteiger partial charge in [-0.05, 0) is 38.1 Å². The third-order valence-corrected chi connectivity index (χ3v) is 3.12. The minimum atomic E-state index is -0.230. The fourth-order valence-electron chi connectivity index (χ4n) is 1.98. The third kappa shape index (κ3) is 4.19. The maximum Gasteiger partial charge on any atom is 0.0991 e. The molecule has 1 atom stereocenters. The number of rotatable bonds is 6. The summed E-state index contributed by atoms with van der Waals surface area (Å²) in [7, 11) is 2.08. The molecule has 102 valence electrons. The zero-order valence-electron chi connectivity index (χ0n) is 11.5. The molecule has 4 heteroatoms. The predicted molar refractivity (Wildman–Crippen MR) is 76.2 cm³/mol. The number of aliphatic hydroxyl groups excluding tert-OH is 1. The minimum Gasteiger partial charge on any atom is -0.393 e. The van der Waals surface area contributed by atoms with Gasteiger partial charge in [0.15, 0.2) is 0 Å². The van der Waals surface area contributed by atoms with Crippen molar-refractivity contribution in [2.24, 2.45) is 0 Å². The maximum atomic E-state index is 9.27. The van der Waals surface area contributed by atoms with Crippen LogP contribution in [0, 0.1) is 0 Å². The Morgan fingerprint density at radius 3 is 2.63 bits per heavy atom. The third-order valence-electron chi connectivity index (χ3n) is 3.12. The van der Waals surface area contributed by atoms with Crippen LogP contribution in [0.1, 0.15) is 18.9 Å². The highest BCUT2D eigenvalue weighted by atomic mass is 16.3. The predicted octanol–water partition coefficient (Wildman–Crippen LogP) is 2.08. The lowest BCUT2D eigenvalue weighted by molar-refractivity contribution is 0.163. The van der Waals surface area contributed by atoms with Gasteiger partial charge in [-0.1, -0.05) is 12.1 Å². The average Bonchev–Trinajstić information content (AvgIpc) is 2.91. The largest absolute Gasteiger partial charge is 0.393 e. The second kappa shape index (κ2) is 6.50. The lowest BCUT2D eigenvalue weighted by Crippen LogP contribution is -2.22. The van der Waals surface area contributed by atoms with E-state index in [2.05, 4.69) is 41.2 Å². The summed E-state index contributed by atoms with van der Waals surface area (Å²) in [6.45, 7) is 3.63. The lowest BCUT2D eigenvalue weighted by atomic mass is 10.2. The second-order valence-corrected chi connectivity index (χ2v) is 5.01. The zero-order valence-corrected chi connectivity index (χ0v) is 11.5. The van der Waals surface area contributed by atoms with Gasteiger partial charge in [0.1, 0.15) is 0 Å². The van der Waals surface area contributed by atoms with Crippen molar-refractivity contribution in [3.8, 4) is 5.69 Å². The summed E-state index contributed by atoms with van der Waals surface area (Å²) < 4.78 is 1.99. The van der Waals surface area contributed by atoms with E-state index in [-0.39, 0.29) is 6.10 Å². The van der Waals surface area contributed by atoms with Gasteiger partial charge in [0.05, 0.1) is 12.4 Å². The molecular formula is C15H21N3O. The summed E-state index contributed by atoms with van der Waals surface area (Å²) in [6.07, 6.45) is 6.08. The van der Waals surface area contributed by atoms with Crippen LogP contribution in [0.15, 0.2) is 43.0 Å². The van der Waals surface area contributed by atoms with Gasteiger partial charge in [-0.2, -0.15) is 0 Å². The van der Waals surface area contributed by atoms with Crippen LogP contribution < -0.4 is 0 Å². The van der Waals surface area contributed by atoms with Crippen LogP contribution in [0.2, 0.25) is 0 Å². The highest BCUT2D eigenvalue weighted by Gasteiger charge is 2.03. The zero-order chi connectivity index (χ0) is 13.7. The summed E-state index contributed by atoms with van der Waals surface area (Å²) in [5, 5.41) is 9.27. The first-order valence-corrected chi connectivity index (χ1v) is 6.59. The van der Waals surface area contributed by atoms with E-state index in [1.807, 2.05) is 17.7 Å². The Bertz CT molecular complexity index is 477. The number of aromatic nitrogens is 2. The molecule has 4 nitrogen and oxygen atoms in total. The Kier molecular flexibility index (Phi) is 4.71. The van der Waals surface area contributed by atoms with Crippen LogP contribution in [0.4, 0.5) is 0 Å². The van der Waals surface area contributed by atoms with Gasteiger partial charge in [-0.15, -0.1) is 0 Å². The number of imidazole rings is 1. The fourth-order valence-corrected chi connectivity index (χ4v) is 1.98. The Labute approximate surface area is 114 Å². The van der Waals surface area contributed by atoms with Crippen molar-refractivity contribution in [1.82, 2.24) is 14.5 Å². The lowest BCUT2D eigenvalue weighted by Gasteiger charge is -2.17. The first kappa shape index (κ1) is 13.8. The van der Waals surface area contributed by atoms with Crippen molar-refractivity contribution in [3.63, 3.8) is 0 Å². The first-order valence-electron chi connectivity index (χ1n) is 6.59. The Balaban J connectivity index is 1.92. The van der Waals surface area contributed by atoms with Gasteiger partial charge >= 0.3 is 0 Å². The van der Waals surface area contributed by atoms with Crippen LogP contribution in [-0.4, -0.2) is 39.3 Å². The Morgan fingerprint density at radius 2 is 2.05 bits per heavy atom. The van der Waals surface area contributed by atoms with Crippen LogP contribution >= 0.6 is 0 Å². The number of benzene rings is 1. The number of aliphatic hydroxyl groups is 1. The molecule has 0 aliphatic heterocycles. The van der Waals surface area contributed by atoms with Crippen molar-refractivity contribution in [2.75, 3.05) is 13.6 Å². The van der Waals surface area contributed by atoms with Crippen LogP contribution in [-0.2, 0) is 6.54 Å². The molecule has 0 radical (unpaired) electrons. The molecule has 2 aromatic rings. The van der Waals surface area contributed by atoms with Gasteiger partial charge in [0.25, 0.3) is 0 Å². The van der Waals surface area contributed by atoms with Crippen molar-refractivity contribution < 1.29 is 5.11 Å². The van der Waals surface area contributed by atoms with E-state index in [1.165, 1.54) is 5.56 Å². The highest BCUT2D eigenvalue weighted by Crippen LogP contribution is 2.11. The normalized spacial score (nSPS) is 12.8. The summed E-state index contributed by atoms with van der Waals surface area (Å²) in [6, 6.07) is 8.46. The summed E-state index contributed by atoms with van der Waals surface area (Å²) in [5.41, 5.74) is 2.39. The number of hydrogen-bond acceptors (Lipinski definition) is 3. The van der Waals surface area contributed by atoms with Crippen molar-refractivity contribution in [2.45, 2.75) is 26.0 Å². The topological polar surface area (TPSA) is 41.3 Å². The number of hydrogen-bond donors (Lipinski definition) is 1. The smallest absolute Gasteiger partial charge is 0.0991 e. The van der Waals surface area contributed by atoms with Crippen LogP contribution in [0.5, 0.6) is 0 Å². The minimum absolute atomic E-state index is 0.230. The fraction of sp³-hybridized carbons (Fsp3) is 0.400. The van der Waals surface area contributed by atoms with Crippen molar-refractivity contribution in [1.29, 1.82) is 0 Å². The van der Waals surface area contributed by atoms with Crippen LogP contribution in [0.25, 0.3) is 5.69 Å². The molecule has 0 bridgehead atoms. The van der Waals surface area contributed by atoms with Gasteiger partial charge in [-0.3, -0.25) is 0 Å². The average molecular weight is 259 g/mol. The molecule has 0 amide bonds. The Hall–Kier alpha value is -1.65. The van der Waals surface area contributed by atoms with Gasteiger partial charge in [0.2, 0.25) is 0 Å². The molecule has 0 spiro atoms. The molecule has 0 aliphatic rings. The van der Waals surface area contributed by atoms with Crippen molar-refractivity contribution >= 4 is 0 Å². The SMILES string of the molecule is CC(O)CCN(C)Cc1ccc(-n2ccnc2)cc1. The summed E-state index contributed by atoms with van der Waals surface area (Å²) >= 11 is 0. The van der Waals surface area contributed by atoms with E-state index >= 15 is 0 Å². The molecule has 0 saturated heterocycles. The first-order chi connectivity index (χ1) is 9.15. The van der Waals surface area contributed by atoms with E-state index in [0.29, 0.717) is 0 Å². The molecule has 1 heterocycles. The molecule has 1 unspecified atom stereocenters. The quantitative estimate of drug-likeness (QED) is 0.863. The van der Waals surface area contributed by atoms with Gasteiger partial charge < -0.3 is 14.6 Å². The van der Waals surface area contributed by atoms with E-state index in [0.717, 1.165) is 25.2 Å². The van der Waals surface area contributed by atoms with Crippen LogP contribution in [0.3, 0.4) is 0 Å². The van der Waals surface area contributed by atoms with E-state index in [9.17, 15) is 5.11 Å². The molecule has 1 aromatic carbocycles.